The summed E-state index contributed by atoms with van der Waals surface area (Å²) in [7, 11) is 0. The Morgan fingerprint density at radius 3 is 1.18 bits per heavy atom. The number of Topliss-reactive ketones (excluding diaryl/α,β-unsaturated/α-hetero) is 2. The Morgan fingerprint density at radius 1 is 0.818 bits per heavy atom. The zero-order chi connectivity index (χ0) is 18.7. The third-order valence-corrected chi connectivity index (χ3v) is 2.21. The number of carbonyl (C=O) groups is 2. The molecule has 22 heavy (non-hydrogen) atoms. The average molecular weight is 315 g/mol. The second-order valence-corrected chi connectivity index (χ2v) is 9.44. The highest BCUT2D eigenvalue weighted by Gasteiger charge is 2.21. The number of ketones is 2. The van der Waals surface area contributed by atoms with Crippen LogP contribution in [-0.4, -0.2) is 11.6 Å². The van der Waals surface area contributed by atoms with E-state index in [1.807, 2.05) is 20.8 Å². The molecule has 0 N–H and O–H groups in total. The first-order valence-corrected chi connectivity index (χ1v) is 8.51. The second kappa shape index (κ2) is 11.8. The molecule has 2 heteroatoms. The molecule has 0 saturated heterocycles. The van der Waals surface area contributed by atoms with Crippen LogP contribution in [0.5, 0.6) is 0 Å². The van der Waals surface area contributed by atoms with Crippen molar-refractivity contribution < 1.29 is 9.59 Å². The maximum atomic E-state index is 11.3. The summed E-state index contributed by atoms with van der Waals surface area (Å²) in [5.74, 6) is 1.96. The lowest BCUT2D eigenvalue weighted by molar-refractivity contribution is -0.127. The second-order valence-electron chi connectivity index (χ2n) is 9.44. The van der Waals surface area contributed by atoms with Crippen LogP contribution in [0.25, 0.3) is 0 Å². The van der Waals surface area contributed by atoms with Crippen molar-refractivity contribution in [3.8, 4) is 0 Å². The van der Waals surface area contributed by atoms with E-state index >= 15 is 0 Å². The number of hydrogen-bond donors (Lipinski definition) is 0. The van der Waals surface area contributed by atoms with Crippen molar-refractivity contribution in [2.24, 2.45) is 22.7 Å². The van der Waals surface area contributed by atoms with Crippen LogP contribution in [0.3, 0.4) is 0 Å². The molecule has 0 spiro atoms. The molecule has 0 aromatic carbocycles. The summed E-state index contributed by atoms with van der Waals surface area (Å²) in [6.07, 6.45) is 1.40. The van der Waals surface area contributed by atoms with E-state index in [2.05, 4.69) is 55.4 Å². The maximum Gasteiger partial charge on any atom is 0.138 e. The molecule has 0 saturated carbocycles. The fraction of sp³-hybridized carbons (Fsp3) is 0.900. The summed E-state index contributed by atoms with van der Waals surface area (Å²) in [5.41, 5.74) is 0.0239. The van der Waals surface area contributed by atoms with E-state index < -0.39 is 0 Å². The van der Waals surface area contributed by atoms with E-state index in [1.165, 1.54) is 0 Å². The third-order valence-electron chi connectivity index (χ3n) is 2.21. The quantitative estimate of drug-likeness (QED) is 0.610. The van der Waals surface area contributed by atoms with Gasteiger partial charge in [0.25, 0.3) is 0 Å². The first-order chi connectivity index (χ1) is 9.49. The highest BCUT2D eigenvalue weighted by atomic mass is 16.1. The molecule has 0 heterocycles. The number of carbonyl (C=O) groups excluding carboxylic acids is 2. The van der Waals surface area contributed by atoms with E-state index in [4.69, 9.17) is 0 Å². The van der Waals surface area contributed by atoms with Gasteiger partial charge in [-0.1, -0.05) is 76.2 Å². The molecule has 0 fully saturated rings. The number of rotatable bonds is 3. The van der Waals surface area contributed by atoms with E-state index in [0.29, 0.717) is 24.5 Å². The standard InChI is InChI=1S/C9H18O.C7H14O.C4H10/c1-7(2)6-8(10)9(3,4)5;1-6(8)5-7(2,3)4;1-4(2)3/h7H,6H2,1-5H3;5H2,1-4H3;4H,1-3H3. The smallest absolute Gasteiger partial charge is 0.138 e. The minimum absolute atomic E-state index is 0.149. The van der Waals surface area contributed by atoms with Crippen molar-refractivity contribution in [2.45, 2.75) is 95.9 Å². The fourth-order valence-electron chi connectivity index (χ4n) is 1.42. The SMILES string of the molecule is CC(=O)CC(C)(C)C.CC(C)C.CC(C)CC(=O)C(C)(C)C. The summed E-state index contributed by atoms with van der Waals surface area (Å²) >= 11 is 0. The Morgan fingerprint density at radius 2 is 1.14 bits per heavy atom. The monoisotopic (exact) mass is 314 g/mol. The van der Waals surface area contributed by atoms with Crippen LogP contribution in [0.2, 0.25) is 0 Å². The zero-order valence-electron chi connectivity index (χ0n) is 17.4. The minimum Gasteiger partial charge on any atom is -0.300 e. The van der Waals surface area contributed by atoms with Crippen molar-refractivity contribution in [2.75, 3.05) is 0 Å². The molecule has 0 aliphatic heterocycles. The Kier molecular flexibility index (Phi) is 14.1. The molecule has 0 aromatic rings. The van der Waals surface area contributed by atoms with Gasteiger partial charge in [-0.05, 0) is 24.2 Å². The highest BCUT2D eigenvalue weighted by molar-refractivity contribution is 5.83. The molecule has 2 nitrogen and oxygen atoms in total. The van der Waals surface area contributed by atoms with Gasteiger partial charge in [0, 0.05) is 18.3 Å². The first kappa shape index (κ1) is 26.2. The predicted molar refractivity (Wildman–Crippen MR) is 99.2 cm³/mol. The Balaban J connectivity index is -0.000000269. The Bertz CT molecular complexity index is 296. The summed E-state index contributed by atoms with van der Waals surface area (Å²) < 4.78 is 0. The van der Waals surface area contributed by atoms with Gasteiger partial charge in [-0.3, -0.25) is 4.79 Å². The van der Waals surface area contributed by atoms with Gasteiger partial charge >= 0.3 is 0 Å². The molecular formula is C20H42O2. The topological polar surface area (TPSA) is 34.1 Å². The van der Waals surface area contributed by atoms with Gasteiger partial charge in [0.05, 0.1) is 0 Å². The molecule has 0 bridgehead atoms. The van der Waals surface area contributed by atoms with Crippen LogP contribution in [0.15, 0.2) is 0 Å². The zero-order valence-corrected chi connectivity index (χ0v) is 17.4. The summed E-state index contributed by atoms with van der Waals surface area (Å²) in [6.45, 7) is 24.4. The van der Waals surface area contributed by atoms with Gasteiger partial charge in [0.2, 0.25) is 0 Å². The van der Waals surface area contributed by atoms with Crippen LogP contribution in [-0.2, 0) is 9.59 Å². The Hall–Kier alpha value is -0.660. The largest absolute Gasteiger partial charge is 0.300 e. The summed E-state index contributed by atoms with van der Waals surface area (Å²) in [5, 5.41) is 0. The minimum atomic E-state index is -0.149. The predicted octanol–water partition coefficient (Wildman–Crippen LogP) is 6.32. The van der Waals surface area contributed by atoms with E-state index in [0.717, 1.165) is 5.92 Å². The number of hydrogen-bond acceptors (Lipinski definition) is 2. The molecule has 0 aromatic heterocycles. The van der Waals surface area contributed by atoms with Crippen LogP contribution < -0.4 is 0 Å². The fourth-order valence-corrected chi connectivity index (χ4v) is 1.42. The molecule has 0 unspecified atom stereocenters. The lowest BCUT2D eigenvalue weighted by Crippen LogP contribution is -2.21. The molecule has 0 amide bonds. The van der Waals surface area contributed by atoms with Gasteiger partial charge < -0.3 is 4.79 Å². The Labute approximate surface area is 140 Å². The molecular weight excluding hydrogens is 272 g/mol. The van der Waals surface area contributed by atoms with E-state index in [9.17, 15) is 9.59 Å². The van der Waals surface area contributed by atoms with Gasteiger partial charge in [0.15, 0.2) is 0 Å². The van der Waals surface area contributed by atoms with Gasteiger partial charge in [-0.25, -0.2) is 0 Å². The lowest BCUT2D eigenvalue weighted by Gasteiger charge is -2.17. The molecule has 0 aliphatic carbocycles. The summed E-state index contributed by atoms with van der Waals surface area (Å²) in [4.78, 5) is 21.7. The molecule has 0 rings (SSSR count). The van der Waals surface area contributed by atoms with Crippen LogP contribution >= 0.6 is 0 Å². The maximum absolute atomic E-state index is 11.3. The first-order valence-electron chi connectivity index (χ1n) is 8.51. The van der Waals surface area contributed by atoms with Gasteiger partial charge in [-0.2, -0.15) is 0 Å². The third kappa shape index (κ3) is 31.6. The summed E-state index contributed by atoms with van der Waals surface area (Å²) in [6, 6.07) is 0. The van der Waals surface area contributed by atoms with Crippen molar-refractivity contribution in [3.05, 3.63) is 0 Å². The van der Waals surface area contributed by atoms with Crippen molar-refractivity contribution in [1.82, 2.24) is 0 Å². The average Bonchev–Trinajstić information content (AvgIpc) is 2.09. The molecule has 0 atom stereocenters. The van der Waals surface area contributed by atoms with Crippen molar-refractivity contribution >= 4 is 11.6 Å². The molecule has 0 aliphatic rings. The van der Waals surface area contributed by atoms with Crippen molar-refractivity contribution in [1.29, 1.82) is 0 Å². The van der Waals surface area contributed by atoms with E-state index in [-0.39, 0.29) is 16.6 Å². The van der Waals surface area contributed by atoms with Crippen LogP contribution in [0.4, 0.5) is 0 Å². The van der Waals surface area contributed by atoms with Crippen LogP contribution in [0.1, 0.15) is 95.9 Å². The van der Waals surface area contributed by atoms with Gasteiger partial charge in [-0.15, -0.1) is 0 Å². The van der Waals surface area contributed by atoms with Crippen molar-refractivity contribution in [3.63, 3.8) is 0 Å². The normalized spacial score (nSPS) is 11.4. The van der Waals surface area contributed by atoms with Gasteiger partial charge in [0.1, 0.15) is 11.6 Å². The lowest BCUT2D eigenvalue weighted by atomic mass is 9.86. The highest BCUT2D eigenvalue weighted by Crippen LogP contribution is 2.19. The molecule has 0 radical (unpaired) electrons. The molecule has 134 valence electrons. The van der Waals surface area contributed by atoms with Crippen LogP contribution in [0, 0.1) is 22.7 Å². The van der Waals surface area contributed by atoms with E-state index in [1.54, 1.807) is 6.92 Å².